The Labute approximate surface area is 275 Å². The number of carbonyl (C=O) groups is 1. The van der Waals surface area contributed by atoms with Gasteiger partial charge in [0.2, 0.25) is 0 Å². The minimum absolute atomic E-state index is 0.0595. The van der Waals surface area contributed by atoms with E-state index in [1.807, 2.05) is 14.0 Å². The second kappa shape index (κ2) is 11.4. The summed E-state index contributed by atoms with van der Waals surface area (Å²) in [6.45, 7) is 20.0. The van der Waals surface area contributed by atoms with Crippen LogP contribution in [0.25, 0.3) is 0 Å². The van der Waals surface area contributed by atoms with Crippen LogP contribution in [0.3, 0.4) is 0 Å². The third-order valence-electron chi connectivity index (χ3n) is 14.7. The Balaban J connectivity index is 1.35. The number of aromatic nitrogens is 1. The standard InChI is InChI=1S/C37H58N2O5S/c1-21(2)22(3)33(5)14-15-35(7)25-10-11-28-34(6)19-43-20-37(28,26(25)12-13-36(35,8)29(33)32(40)41)16-27(42-9)30(34)44-17-24-18-45-31(39-24)23(4)38/h12,18,21-23,25,27-30H,10-11,13-17,19-20,38H2,1-9H3,(H,40,41)/t22-,23+,25+,27-,28?,29-,30+,33-,34+,35-,36+,37+/m1/s1. The summed E-state index contributed by atoms with van der Waals surface area (Å²) in [5.74, 6) is 0.550. The zero-order valence-electron chi connectivity index (χ0n) is 29.2. The number of hydrogen-bond donors (Lipinski definition) is 2. The summed E-state index contributed by atoms with van der Waals surface area (Å²) >= 11 is 1.59. The molecule has 0 aromatic carbocycles. The van der Waals surface area contributed by atoms with Crippen LogP contribution in [0.4, 0.5) is 0 Å². The number of rotatable bonds is 8. The van der Waals surface area contributed by atoms with Crippen molar-refractivity contribution in [3.63, 3.8) is 0 Å². The highest BCUT2D eigenvalue weighted by molar-refractivity contribution is 7.09. The van der Waals surface area contributed by atoms with E-state index in [1.54, 1.807) is 11.3 Å². The molecule has 1 saturated heterocycles. The highest BCUT2D eigenvalue weighted by atomic mass is 32.1. The molecule has 7 nitrogen and oxygen atoms in total. The maximum Gasteiger partial charge on any atom is 0.307 e. The van der Waals surface area contributed by atoms with Crippen molar-refractivity contribution in [3.05, 3.63) is 27.7 Å². The smallest absolute Gasteiger partial charge is 0.307 e. The Hall–Kier alpha value is -1.32. The monoisotopic (exact) mass is 642 g/mol. The van der Waals surface area contributed by atoms with Gasteiger partial charge in [0.25, 0.3) is 0 Å². The van der Waals surface area contributed by atoms with Gasteiger partial charge in [-0.3, -0.25) is 4.79 Å². The number of fused-ring (bicyclic) bond motifs is 3. The fraction of sp³-hybridized carbons (Fsp3) is 0.838. The number of nitrogens with two attached hydrogens (primary N) is 1. The largest absolute Gasteiger partial charge is 0.481 e. The Morgan fingerprint density at radius 2 is 1.87 bits per heavy atom. The number of aliphatic carboxylic acids is 1. The summed E-state index contributed by atoms with van der Waals surface area (Å²) in [7, 11) is 1.83. The number of carboxylic acids is 1. The van der Waals surface area contributed by atoms with Crippen LogP contribution in [-0.4, -0.2) is 48.6 Å². The van der Waals surface area contributed by atoms with Gasteiger partial charge in [-0.25, -0.2) is 4.98 Å². The van der Waals surface area contributed by atoms with Crippen molar-refractivity contribution in [2.24, 2.45) is 62.4 Å². The van der Waals surface area contributed by atoms with Crippen molar-refractivity contribution in [2.45, 2.75) is 119 Å². The summed E-state index contributed by atoms with van der Waals surface area (Å²) in [6.07, 6.45) is 8.25. The first-order valence-corrected chi connectivity index (χ1v) is 18.3. The quantitative estimate of drug-likeness (QED) is 0.281. The maximum atomic E-state index is 13.3. The molecule has 1 aliphatic heterocycles. The molecule has 8 heteroatoms. The van der Waals surface area contributed by atoms with Crippen molar-refractivity contribution in [2.75, 3.05) is 20.3 Å². The van der Waals surface area contributed by atoms with E-state index in [1.165, 1.54) is 5.57 Å². The molecule has 0 amide bonds. The lowest BCUT2D eigenvalue weighted by Crippen LogP contribution is -2.70. The number of hydrogen-bond acceptors (Lipinski definition) is 7. The maximum absolute atomic E-state index is 13.3. The zero-order valence-corrected chi connectivity index (χ0v) is 30.0. The van der Waals surface area contributed by atoms with Gasteiger partial charge in [0.15, 0.2) is 0 Å². The van der Waals surface area contributed by atoms with Crippen LogP contribution in [-0.2, 0) is 25.6 Å². The number of nitrogens with zero attached hydrogens (tertiary/aromatic N) is 1. The van der Waals surface area contributed by atoms with Gasteiger partial charge in [-0.15, -0.1) is 11.3 Å². The molecule has 12 atom stereocenters. The van der Waals surface area contributed by atoms with Gasteiger partial charge in [-0.1, -0.05) is 60.1 Å². The number of thiazole rings is 1. The normalized spacial score (nSPS) is 45.6. The van der Waals surface area contributed by atoms with Gasteiger partial charge in [0, 0.05) is 23.3 Å². The van der Waals surface area contributed by atoms with Crippen LogP contribution in [0, 0.1) is 56.7 Å². The van der Waals surface area contributed by atoms with Gasteiger partial charge < -0.3 is 25.1 Å². The lowest BCUT2D eigenvalue weighted by atomic mass is 9.34. The molecule has 3 saturated carbocycles. The van der Waals surface area contributed by atoms with Crippen molar-refractivity contribution >= 4 is 17.3 Å². The molecule has 2 bridgehead atoms. The number of methoxy groups -OCH3 is 1. The van der Waals surface area contributed by atoms with Crippen LogP contribution in [0.2, 0.25) is 0 Å². The number of ether oxygens (including phenoxy) is 3. The molecule has 1 aromatic rings. The Bertz CT molecular complexity index is 1330. The van der Waals surface area contributed by atoms with Crippen LogP contribution in [0.1, 0.15) is 111 Å². The van der Waals surface area contributed by atoms with E-state index in [9.17, 15) is 9.90 Å². The van der Waals surface area contributed by atoms with Gasteiger partial charge in [-0.05, 0) is 85.4 Å². The summed E-state index contributed by atoms with van der Waals surface area (Å²) < 4.78 is 19.7. The van der Waals surface area contributed by atoms with Gasteiger partial charge in [0.05, 0.1) is 49.7 Å². The highest BCUT2D eigenvalue weighted by Crippen LogP contribution is 2.75. The summed E-state index contributed by atoms with van der Waals surface area (Å²) in [4.78, 5) is 18.1. The number of allylic oxidation sites excluding steroid dienone is 1. The average molecular weight is 643 g/mol. The van der Waals surface area contributed by atoms with Gasteiger partial charge in [0.1, 0.15) is 5.01 Å². The first-order chi connectivity index (χ1) is 21.1. The molecule has 0 spiro atoms. The van der Waals surface area contributed by atoms with E-state index in [2.05, 4.69) is 59.9 Å². The van der Waals surface area contributed by atoms with Gasteiger partial charge >= 0.3 is 5.97 Å². The molecule has 3 N–H and O–H groups in total. The summed E-state index contributed by atoms with van der Waals surface area (Å²) in [6, 6.07) is -0.0833. The first-order valence-electron chi connectivity index (χ1n) is 17.4. The van der Waals surface area contributed by atoms with Crippen molar-refractivity contribution in [1.29, 1.82) is 0 Å². The van der Waals surface area contributed by atoms with Crippen LogP contribution < -0.4 is 5.73 Å². The lowest BCUT2D eigenvalue weighted by molar-refractivity contribution is -0.269. The van der Waals surface area contributed by atoms with Crippen LogP contribution in [0.15, 0.2) is 17.0 Å². The zero-order chi connectivity index (χ0) is 32.7. The van der Waals surface area contributed by atoms with Crippen molar-refractivity contribution in [1.82, 2.24) is 4.98 Å². The molecule has 1 unspecified atom stereocenters. The molecule has 45 heavy (non-hydrogen) atoms. The van der Waals surface area contributed by atoms with E-state index >= 15 is 0 Å². The second-order valence-corrected chi connectivity index (χ2v) is 17.9. The van der Waals surface area contributed by atoms with E-state index < -0.39 is 5.97 Å². The fourth-order valence-corrected chi connectivity index (χ4v) is 12.6. The molecule has 6 rings (SSSR count). The third kappa shape index (κ3) is 4.69. The minimum Gasteiger partial charge on any atom is -0.481 e. The Morgan fingerprint density at radius 1 is 1.13 bits per heavy atom. The minimum atomic E-state index is -0.610. The van der Waals surface area contributed by atoms with E-state index in [0.717, 1.165) is 49.2 Å². The molecule has 0 radical (unpaired) electrons. The van der Waals surface area contributed by atoms with E-state index in [0.29, 0.717) is 43.5 Å². The topological polar surface area (TPSA) is 104 Å². The molecular weight excluding hydrogens is 584 g/mol. The van der Waals surface area contributed by atoms with E-state index in [4.69, 9.17) is 24.9 Å². The molecule has 4 fully saturated rings. The molecule has 4 aliphatic carbocycles. The third-order valence-corrected chi connectivity index (χ3v) is 15.8. The SMILES string of the molecule is CO[C@@H]1C[C@@]23COC[C@@](C)(C2CC[C@H]2C3=CC[C@@]3(C)[C@H](C(=O)O)[C@@](C)([C@H](C)C(C)C)CC[C@]23C)[C@H]1OCc1csc([C@H](C)N)n1. The molecule has 5 aliphatic rings. The molecule has 2 heterocycles. The highest BCUT2D eigenvalue weighted by Gasteiger charge is 2.71. The Morgan fingerprint density at radius 3 is 2.49 bits per heavy atom. The average Bonchev–Trinajstić information content (AvgIpc) is 3.45. The second-order valence-electron chi connectivity index (χ2n) is 17.0. The lowest BCUT2D eigenvalue weighted by Gasteiger charge is -2.71. The van der Waals surface area contributed by atoms with Crippen LogP contribution in [0.5, 0.6) is 0 Å². The fourth-order valence-electron chi connectivity index (χ4n) is 11.9. The number of carboxylic acid groups (broad SMARTS) is 1. The first kappa shape index (κ1) is 33.6. The molecule has 1 aromatic heterocycles. The summed E-state index contributed by atoms with van der Waals surface area (Å²) in [5.41, 5.74) is 7.57. The van der Waals surface area contributed by atoms with Gasteiger partial charge in [-0.2, -0.15) is 0 Å². The predicted octanol–water partition coefficient (Wildman–Crippen LogP) is 7.65. The Kier molecular flexibility index (Phi) is 8.50. The summed E-state index contributed by atoms with van der Waals surface area (Å²) in [5, 5.41) is 13.9. The van der Waals surface area contributed by atoms with E-state index in [-0.39, 0.29) is 51.2 Å². The van der Waals surface area contributed by atoms with Crippen molar-refractivity contribution < 1.29 is 24.1 Å². The van der Waals surface area contributed by atoms with Crippen molar-refractivity contribution in [3.8, 4) is 0 Å². The molecular formula is C37H58N2O5S. The predicted molar refractivity (Wildman–Crippen MR) is 178 cm³/mol. The molecule has 252 valence electrons. The van der Waals surface area contributed by atoms with Crippen LogP contribution >= 0.6 is 11.3 Å².